The predicted octanol–water partition coefficient (Wildman–Crippen LogP) is 1.08. The molecule has 1 N–H and O–H groups in total. The number of pyridine rings is 1. The van der Waals surface area contributed by atoms with Crippen molar-refractivity contribution in [2.75, 3.05) is 6.26 Å². The smallest absolute Gasteiger partial charge is 0.155 e. The van der Waals surface area contributed by atoms with Crippen LogP contribution in [0, 0.1) is 5.82 Å². The molecular weight excluding hydrogens is 233 g/mol. The van der Waals surface area contributed by atoms with Crippen molar-refractivity contribution in [1.29, 1.82) is 0 Å². The van der Waals surface area contributed by atoms with Gasteiger partial charge in [-0.3, -0.25) is 4.98 Å². The molecule has 0 aliphatic heterocycles. The van der Waals surface area contributed by atoms with E-state index in [9.17, 15) is 17.9 Å². The van der Waals surface area contributed by atoms with Gasteiger partial charge in [0.05, 0.1) is 17.0 Å². The predicted molar refractivity (Wildman–Crippen MR) is 58.1 cm³/mol. The summed E-state index contributed by atoms with van der Waals surface area (Å²) >= 11 is 0. The average Bonchev–Trinajstić information content (AvgIpc) is 2.14. The fourth-order valence-electron chi connectivity index (χ4n) is 1.18. The Balaban J connectivity index is 3.17. The number of hydrogen-bond donors (Lipinski definition) is 1. The maximum atomic E-state index is 12.9. The molecular formula is C10H14FNO3S. The molecule has 1 heterocycles. The van der Waals surface area contributed by atoms with E-state index in [0.29, 0.717) is 0 Å². The molecule has 1 unspecified atom stereocenters. The summed E-state index contributed by atoms with van der Waals surface area (Å²) in [6.45, 7) is 2.77. The largest absolute Gasteiger partial charge is 0.387 e. The topological polar surface area (TPSA) is 67.3 Å². The van der Waals surface area contributed by atoms with Gasteiger partial charge < -0.3 is 5.11 Å². The van der Waals surface area contributed by atoms with Gasteiger partial charge >= 0.3 is 0 Å². The van der Waals surface area contributed by atoms with Crippen LogP contribution < -0.4 is 0 Å². The third-order valence-electron chi connectivity index (χ3n) is 2.66. The first-order valence-electron chi connectivity index (χ1n) is 4.64. The van der Waals surface area contributed by atoms with E-state index in [1.165, 1.54) is 20.0 Å². The van der Waals surface area contributed by atoms with Crippen LogP contribution in [0.15, 0.2) is 18.5 Å². The van der Waals surface area contributed by atoms with Crippen LogP contribution in [0.2, 0.25) is 0 Å². The first kappa shape index (κ1) is 13.1. The second-order valence-corrected chi connectivity index (χ2v) is 6.81. The lowest BCUT2D eigenvalue weighted by Gasteiger charge is -2.28. The summed E-state index contributed by atoms with van der Waals surface area (Å²) in [6, 6.07) is 1.07. The van der Waals surface area contributed by atoms with Gasteiger partial charge in [0, 0.05) is 18.0 Å². The molecule has 0 aliphatic carbocycles. The molecule has 0 saturated heterocycles. The Morgan fingerprint density at radius 1 is 1.44 bits per heavy atom. The molecule has 0 saturated carbocycles. The Morgan fingerprint density at radius 3 is 2.44 bits per heavy atom. The van der Waals surface area contributed by atoms with E-state index < -0.39 is 26.5 Å². The standard InChI is InChI=1S/C10H14FNO3S/c1-10(2,16(3,14)15)9(13)7-4-8(11)6-12-5-7/h4-6,9,13H,1-3H3. The van der Waals surface area contributed by atoms with Gasteiger partial charge in [-0.2, -0.15) is 0 Å². The molecule has 1 aromatic heterocycles. The van der Waals surface area contributed by atoms with Crippen LogP contribution in [0.25, 0.3) is 0 Å². The maximum Gasteiger partial charge on any atom is 0.155 e. The lowest BCUT2D eigenvalue weighted by molar-refractivity contribution is 0.138. The Morgan fingerprint density at radius 2 is 2.00 bits per heavy atom. The molecule has 0 radical (unpaired) electrons. The van der Waals surface area contributed by atoms with E-state index in [1.54, 1.807) is 0 Å². The first-order chi connectivity index (χ1) is 7.16. The molecule has 0 aliphatic rings. The summed E-state index contributed by atoms with van der Waals surface area (Å²) in [5.41, 5.74) is 0.149. The molecule has 1 aromatic rings. The molecule has 0 fully saturated rings. The average molecular weight is 247 g/mol. The molecule has 16 heavy (non-hydrogen) atoms. The normalized spacial score (nSPS) is 14.8. The second kappa shape index (κ2) is 4.10. The Hall–Kier alpha value is -1.01. The van der Waals surface area contributed by atoms with Crippen LogP contribution >= 0.6 is 0 Å². The van der Waals surface area contributed by atoms with Crippen LogP contribution in [0.4, 0.5) is 4.39 Å². The van der Waals surface area contributed by atoms with Gasteiger partial charge in [0.2, 0.25) is 0 Å². The minimum atomic E-state index is -3.46. The maximum absolute atomic E-state index is 12.9. The fourth-order valence-corrected chi connectivity index (χ4v) is 1.72. The molecule has 1 rings (SSSR count). The molecule has 90 valence electrons. The van der Waals surface area contributed by atoms with Gasteiger partial charge in [-0.05, 0) is 19.9 Å². The van der Waals surface area contributed by atoms with Crippen LogP contribution in [0.5, 0.6) is 0 Å². The summed E-state index contributed by atoms with van der Waals surface area (Å²) < 4.78 is 34.5. The first-order valence-corrected chi connectivity index (χ1v) is 6.53. The van der Waals surface area contributed by atoms with Crippen molar-refractivity contribution >= 4 is 9.84 Å². The SMILES string of the molecule is CC(C)(C(O)c1cncc(F)c1)S(C)(=O)=O. The lowest BCUT2D eigenvalue weighted by Crippen LogP contribution is -2.37. The van der Waals surface area contributed by atoms with E-state index in [2.05, 4.69) is 4.98 Å². The molecule has 4 nitrogen and oxygen atoms in total. The number of sulfone groups is 1. The van der Waals surface area contributed by atoms with Gasteiger partial charge in [-0.25, -0.2) is 12.8 Å². The van der Waals surface area contributed by atoms with Gasteiger partial charge in [0.25, 0.3) is 0 Å². The van der Waals surface area contributed by atoms with Crippen LogP contribution in [0.3, 0.4) is 0 Å². The van der Waals surface area contributed by atoms with Crippen molar-refractivity contribution in [2.24, 2.45) is 0 Å². The summed E-state index contributed by atoms with van der Waals surface area (Å²) in [7, 11) is -3.46. The highest BCUT2D eigenvalue weighted by Crippen LogP contribution is 2.31. The summed E-state index contributed by atoms with van der Waals surface area (Å²) in [5.74, 6) is -0.610. The molecule has 0 spiro atoms. The van der Waals surface area contributed by atoms with Crippen LogP contribution in [-0.4, -0.2) is 29.5 Å². The van der Waals surface area contributed by atoms with E-state index in [1.807, 2.05) is 0 Å². The van der Waals surface area contributed by atoms with Crippen molar-refractivity contribution in [1.82, 2.24) is 4.98 Å². The van der Waals surface area contributed by atoms with Crippen molar-refractivity contribution in [2.45, 2.75) is 24.7 Å². The molecule has 0 bridgehead atoms. The lowest BCUT2D eigenvalue weighted by atomic mass is 10.00. The molecule has 1 atom stereocenters. The molecule has 0 aromatic carbocycles. The fraction of sp³-hybridized carbons (Fsp3) is 0.500. The van der Waals surface area contributed by atoms with Crippen molar-refractivity contribution in [3.8, 4) is 0 Å². The van der Waals surface area contributed by atoms with Crippen molar-refractivity contribution in [3.63, 3.8) is 0 Å². The van der Waals surface area contributed by atoms with Crippen molar-refractivity contribution in [3.05, 3.63) is 29.8 Å². The summed E-state index contributed by atoms with van der Waals surface area (Å²) in [4.78, 5) is 3.57. The highest BCUT2D eigenvalue weighted by atomic mass is 32.2. The van der Waals surface area contributed by atoms with Gasteiger partial charge in [0.1, 0.15) is 5.82 Å². The Labute approximate surface area is 94.1 Å². The molecule has 6 heteroatoms. The zero-order valence-electron chi connectivity index (χ0n) is 9.31. The van der Waals surface area contributed by atoms with Crippen molar-refractivity contribution < 1.29 is 17.9 Å². The van der Waals surface area contributed by atoms with Gasteiger partial charge in [-0.1, -0.05) is 0 Å². The third-order valence-corrected chi connectivity index (χ3v) is 4.79. The number of aliphatic hydroxyl groups excluding tert-OH is 1. The summed E-state index contributed by atoms with van der Waals surface area (Å²) in [5, 5.41) is 9.92. The number of aliphatic hydroxyl groups is 1. The highest BCUT2D eigenvalue weighted by Gasteiger charge is 2.39. The van der Waals surface area contributed by atoms with E-state index >= 15 is 0 Å². The highest BCUT2D eigenvalue weighted by molar-refractivity contribution is 7.92. The quantitative estimate of drug-likeness (QED) is 0.867. The van der Waals surface area contributed by atoms with Crippen LogP contribution in [0.1, 0.15) is 25.5 Å². The van der Waals surface area contributed by atoms with E-state index in [0.717, 1.165) is 18.5 Å². The monoisotopic (exact) mass is 247 g/mol. The van der Waals surface area contributed by atoms with E-state index in [-0.39, 0.29) is 5.56 Å². The number of halogens is 1. The number of aromatic nitrogens is 1. The molecule has 0 amide bonds. The summed E-state index contributed by atoms with van der Waals surface area (Å²) in [6.07, 6.45) is 1.96. The van der Waals surface area contributed by atoms with E-state index in [4.69, 9.17) is 0 Å². The van der Waals surface area contributed by atoms with Gasteiger partial charge in [-0.15, -0.1) is 0 Å². The number of rotatable bonds is 3. The Kier molecular flexibility index (Phi) is 3.35. The van der Waals surface area contributed by atoms with Crippen LogP contribution in [-0.2, 0) is 9.84 Å². The minimum absolute atomic E-state index is 0.149. The minimum Gasteiger partial charge on any atom is -0.387 e. The third kappa shape index (κ3) is 2.38. The number of nitrogens with zero attached hydrogens (tertiary/aromatic N) is 1. The van der Waals surface area contributed by atoms with Gasteiger partial charge in [0.15, 0.2) is 9.84 Å². The Bertz CT molecular complexity index is 485. The number of hydrogen-bond acceptors (Lipinski definition) is 4. The zero-order chi connectivity index (χ0) is 12.6. The second-order valence-electron chi connectivity index (χ2n) is 4.21. The zero-order valence-corrected chi connectivity index (χ0v) is 10.1.